The minimum Gasteiger partial charge on any atom is -0.507 e. The van der Waals surface area contributed by atoms with E-state index in [4.69, 9.17) is 9.84 Å². The average molecular weight is 224 g/mol. The molecule has 0 saturated heterocycles. The number of carboxylic acid groups (broad SMARTS) is 1. The van der Waals surface area contributed by atoms with Gasteiger partial charge in [-0.2, -0.15) is 0 Å². The number of benzene rings is 1. The van der Waals surface area contributed by atoms with E-state index in [-0.39, 0.29) is 12.4 Å². The summed E-state index contributed by atoms with van der Waals surface area (Å²) in [4.78, 5) is 10.5. The van der Waals surface area contributed by atoms with Gasteiger partial charge in [0.25, 0.3) is 0 Å². The van der Waals surface area contributed by atoms with E-state index in [0.29, 0.717) is 5.75 Å². The monoisotopic (exact) mass is 224 g/mol. The van der Waals surface area contributed by atoms with Crippen molar-refractivity contribution in [2.75, 3.05) is 6.61 Å². The Balaban J connectivity index is 3.23. The Labute approximate surface area is 94.5 Å². The van der Waals surface area contributed by atoms with Crippen LogP contribution in [0.4, 0.5) is 0 Å². The van der Waals surface area contributed by atoms with Gasteiger partial charge in [-0.25, -0.2) is 4.79 Å². The first-order valence-electron chi connectivity index (χ1n) is 5.00. The first-order chi connectivity index (χ1) is 7.36. The second-order valence-corrected chi connectivity index (χ2v) is 3.86. The Hall–Kier alpha value is -1.71. The summed E-state index contributed by atoms with van der Waals surface area (Å²) < 4.78 is 5.24. The topological polar surface area (TPSA) is 66.8 Å². The van der Waals surface area contributed by atoms with Crippen molar-refractivity contribution in [3.63, 3.8) is 0 Å². The van der Waals surface area contributed by atoms with Gasteiger partial charge in [0.05, 0.1) is 0 Å². The van der Waals surface area contributed by atoms with Crippen LogP contribution >= 0.6 is 0 Å². The van der Waals surface area contributed by atoms with Crippen LogP contribution in [0, 0.1) is 27.7 Å². The van der Waals surface area contributed by atoms with Crippen LogP contribution in [0.3, 0.4) is 0 Å². The fraction of sp³-hybridized carbons (Fsp3) is 0.417. The maximum Gasteiger partial charge on any atom is 0.341 e. The summed E-state index contributed by atoms with van der Waals surface area (Å²) in [6.07, 6.45) is 0. The van der Waals surface area contributed by atoms with Gasteiger partial charge in [-0.1, -0.05) is 0 Å². The van der Waals surface area contributed by atoms with Crippen LogP contribution in [-0.4, -0.2) is 22.8 Å². The van der Waals surface area contributed by atoms with Crippen molar-refractivity contribution in [3.05, 3.63) is 22.3 Å². The highest BCUT2D eigenvalue weighted by atomic mass is 16.5. The van der Waals surface area contributed by atoms with Gasteiger partial charge < -0.3 is 14.9 Å². The lowest BCUT2D eigenvalue weighted by Crippen LogP contribution is -2.11. The number of ether oxygens (including phenoxy) is 1. The van der Waals surface area contributed by atoms with E-state index < -0.39 is 5.97 Å². The number of aromatic hydroxyl groups is 1. The lowest BCUT2D eigenvalue weighted by Gasteiger charge is -2.16. The molecular weight excluding hydrogens is 208 g/mol. The maximum absolute atomic E-state index is 10.5. The third-order valence-corrected chi connectivity index (χ3v) is 2.86. The Bertz CT molecular complexity index is 406. The summed E-state index contributed by atoms with van der Waals surface area (Å²) in [5.41, 5.74) is 3.01. The molecule has 0 atom stereocenters. The van der Waals surface area contributed by atoms with E-state index >= 15 is 0 Å². The zero-order chi connectivity index (χ0) is 12.5. The molecule has 1 aromatic carbocycles. The average Bonchev–Trinajstić information content (AvgIpc) is 2.23. The fourth-order valence-corrected chi connectivity index (χ4v) is 1.61. The third kappa shape index (κ3) is 2.10. The van der Waals surface area contributed by atoms with E-state index in [1.807, 2.05) is 0 Å². The molecule has 0 fully saturated rings. The molecule has 0 aliphatic rings. The lowest BCUT2D eigenvalue weighted by molar-refractivity contribution is -0.139. The number of carboxylic acids is 1. The molecule has 0 amide bonds. The Morgan fingerprint density at radius 1 is 1.06 bits per heavy atom. The number of phenols is 1. The number of rotatable bonds is 3. The lowest BCUT2D eigenvalue weighted by atomic mass is 9.98. The molecule has 0 saturated carbocycles. The van der Waals surface area contributed by atoms with Gasteiger partial charge in [0.2, 0.25) is 0 Å². The molecule has 0 aromatic heterocycles. The van der Waals surface area contributed by atoms with Gasteiger partial charge in [-0.15, -0.1) is 0 Å². The molecule has 0 aliphatic carbocycles. The van der Waals surface area contributed by atoms with Gasteiger partial charge in [0, 0.05) is 0 Å². The number of carbonyl (C=O) groups is 1. The second kappa shape index (κ2) is 4.43. The third-order valence-electron chi connectivity index (χ3n) is 2.86. The van der Waals surface area contributed by atoms with Gasteiger partial charge in [-0.05, 0) is 49.9 Å². The number of hydrogen-bond donors (Lipinski definition) is 2. The molecule has 0 aliphatic heterocycles. The van der Waals surface area contributed by atoms with E-state index in [9.17, 15) is 9.90 Å². The molecule has 0 spiro atoms. The summed E-state index contributed by atoms with van der Waals surface area (Å²) in [7, 11) is 0. The summed E-state index contributed by atoms with van der Waals surface area (Å²) >= 11 is 0. The van der Waals surface area contributed by atoms with Gasteiger partial charge in [0.15, 0.2) is 6.61 Å². The summed E-state index contributed by atoms with van der Waals surface area (Å²) in [5.74, 6) is -0.213. The highest BCUT2D eigenvalue weighted by Crippen LogP contribution is 2.36. The van der Waals surface area contributed by atoms with Crippen LogP contribution < -0.4 is 4.74 Å². The van der Waals surface area contributed by atoms with Crippen molar-refractivity contribution in [2.45, 2.75) is 27.7 Å². The van der Waals surface area contributed by atoms with Crippen LogP contribution in [0.5, 0.6) is 11.5 Å². The molecule has 0 bridgehead atoms. The van der Waals surface area contributed by atoms with Crippen LogP contribution in [0.15, 0.2) is 0 Å². The van der Waals surface area contributed by atoms with E-state index in [1.165, 1.54) is 0 Å². The number of aliphatic carboxylic acids is 1. The Morgan fingerprint density at radius 2 is 1.50 bits per heavy atom. The first kappa shape index (κ1) is 12.4. The van der Waals surface area contributed by atoms with Crippen molar-refractivity contribution >= 4 is 5.97 Å². The predicted octanol–water partition coefficient (Wildman–Crippen LogP) is 2.09. The molecule has 0 unspecified atom stereocenters. The highest BCUT2D eigenvalue weighted by molar-refractivity contribution is 5.69. The molecule has 0 radical (unpaired) electrons. The van der Waals surface area contributed by atoms with Gasteiger partial charge in [0.1, 0.15) is 11.5 Å². The molecule has 0 heterocycles. The normalized spacial score (nSPS) is 10.2. The first-order valence-corrected chi connectivity index (χ1v) is 5.00. The van der Waals surface area contributed by atoms with Crippen LogP contribution in [0.1, 0.15) is 22.3 Å². The molecule has 1 aromatic rings. The minimum absolute atomic E-state index is 0.248. The number of hydrogen-bond acceptors (Lipinski definition) is 3. The maximum atomic E-state index is 10.5. The van der Waals surface area contributed by atoms with Crippen molar-refractivity contribution < 1.29 is 19.7 Å². The van der Waals surface area contributed by atoms with Crippen molar-refractivity contribution in [1.29, 1.82) is 0 Å². The fourth-order valence-electron chi connectivity index (χ4n) is 1.61. The molecule has 16 heavy (non-hydrogen) atoms. The van der Waals surface area contributed by atoms with Gasteiger partial charge >= 0.3 is 5.97 Å². The quantitative estimate of drug-likeness (QED) is 0.825. The SMILES string of the molecule is Cc1c(C)c(OCC(=O)O)c(C)c(C)c1O. The summed E-state index contributed by atoms with van der Waals surface area (Å²) in [5, 5.41) is 18.4. The molecule has 88 valence electrons. The standard InChI is InChI=1S/C12H16O4/c1-6-8(3)12(16-5-10(13)14)9(4)7(2)11(6)15/h15H,5H2,1-4H3,(H,13,14). The van der Waals surface area contributed by atoms with Crippen LogP contribution in [0.2, 0.25) is 0 Å². The predicted molar refractivity (Wildman–Crippen MR) is 60.2 cm³/mol. The zero-order valence-electron chi connectivity index (χ0n) is 9.92. The van der Waals surface area contributed by atoms with E-state index in [2.05, 4.69) is 0 Å². The number of phenolic OH excluding ortho intramolecular Hbond substituents is 1. The van der Waals surface area contributed by atoms with E-state index in [1.54, 1.807) is 27.7 Å². The highest BCUT2D eigenvalue weighted by Gasteiger charge is 2.15. The van der Waals surface area contributed by atoms with Crippen molar-refractivity contribution in [3.8, 4) is 11.5 Å². The molecule has 4 nitrogen and oxygen atoms in total. The molecule has 4 heteroatoms. The molecule has 2 N–H and O–H groups in total. The van der Waals surface area contributed by atoms with Crippen LogP contribution in [0.25, 0.3) is 0 Å². The molecular formula is C12H16O4. The molecule has 1 rings (SSSR count). The zero-order valence-corrected chi connectivity index (χ0v) is 9.92. The van der Waals surface area contributed by atoms with Crippen molar-refractivity contribution in [1.82, 2.24) is 0 Å². The van der Waals surface area contributed by atoms with Gasteiger partial charge in [-0.3, -0.25) is 0 Å². The summed E-state index contributed by atoms with van der Waals surface area (Å²) in [6.45, 7) is 6.80. The van der Waals surface area contributed by atoms with Crippen molar-refractivity contribution in [2.24, 2.45) is 0 Å². The largest absolute Gasteiger partial charge is 0.507 e. The Kier molecular flexibility index (Phi) is 3.42. The second-order valence-electron chi connectivity index (χ2n) is 3.86. The smallest absolute Gasteiger partial charge is 0.341 e. The Morgan fingerprint density at radius 3 is 1.88 bits per heavy atom. The summed E-state index contributed by atoms with van der Waals surface area (Å²) in [6, 6.07) is 0. The minimum atomic E-state index is -1.01. The van der Waals surface area contributed by atoms with Crippen LogP contribution in [-0.2, 0) is 4.79 Å². The van der Waals surface area contributed by atoms with E-state index in [0.717, 1.165) is 22.3 Å².